The van der Waals surface area contributed by atoms with Gasteiger partial charge in [0.25, 0.3) is 0 Å². The van der Waals surface area contributed by atoms with Crippen LogP contribution >= 0.6 is 0 Å². The largest absolute Gasteiger partial charge is 0.0690 e. The molecule has 1 unspecified atom stereocenters. The van der Waals surface area contributed by atoms with Crippen LogP contribution in [0.1, 0.15) is 51.0 Å². The highest BCUT2D eigenvalue weighted by atomic mass is 28.3. The Bertz CT molecular complexity index is 363. The van der Waals surface area contributed by atoms with Crippen molar-refractivity contribution in [1.82, 2.24) is 0 Å². The summed E-state index contributed by atoms with van der Waals surface area (Å²) in [5, 5.41) is 0. The molecule has 1 saturated carbocycles. The zero-order valence-corrected chi connectivity index (χ0v) is 14.0. The first kappa shape index (κ1) is 14.8. The summed E-state index contributed by atoms with van der Waals surface area (Å²) in [7, 11) is -1.06. The van der Waals surface area contributed by atoms with Crippen LogP contribution in [0.4, 0.5) is 0 Å². The molecule has 0 amide bonds. The lowest BCUT2D eigenvalue weighted by molar-refractivity contribution is 0.485. The molecule has 0 nitrogen and oxygen atoms in total. The third kappa shape index (κ3) is 3.95. The van der Waals surface area contributed by atoms with E-state index in [4.69, 9.17) is 0 Å². The first-order valence-corrected chi connectivity index (χ1v) is 11.3. The van der Waals surface area contributed by atoms with Gasteiger partial charge in [0, 0.05) is 0 Å². The molecule has 0 aliphatic heterocycles. The van der Waals surface area contributed by atoms with Crippen LogP contribution in [-0.4, -0.2) is 8.07 Å². The zero-order chi connectivity index (χ0) is 13.7. The summed E-state index contributed by atoms with van der Waals surface area (Å²) in [6.45, 7) is 7.83. The van der Waals surface area contributed by atoms with E-state index in [2.05, 4.69) is 50.3 Å². The van der Waals surface area contributed by atoms with Gasteiger partial charge in [0.1, 0.15) is 0 Å². The fourth-order valence-electron chi connectivity index (χ4n) is 3.65. The molecule has 1 atom stereocenters. The lowest BCUT2D eigenvalue weighted by atomic mass is 10.0. The first-order chi connectivity index (χ1) is 9.10. The minimum atomic E-state index is -1.06. The summed E-state index contributed by atoms with van der Waals surface area (Å²) in [5.41, 5.74) is 3.56. The monoisotopic (exact) mass is 274 g/mol. The van der Waals surface area contributed by atoms with Gasteiger partial charge in [0.2, 0.25) is 0 Å². The SMILES string of the molecule is CC(CCc1ccccc1)[Si](C)(C)C1CCCCC1. The van der Waals surface area contributed by atoms with E-state index in [0.29, 0.717) is 0 Å². The molecular formula is C18H30Si. The van der Waals surface area contributed by atoms with E-state index < -0.39 is 8.07 Å². The minimum absolute atomic E-state index is 0.954. The molecule has 0 heterocycles. The highest BCUT2D eigenvalue weighted by Crippen LogP contribution is 2.43. The average molecular weight is 275 g/mol. The van der Waals surface area contributed by atoms with Gasteiger partial charge in [-0.3, -0.25) is 0 Å². The third-order valence-corrected chi connectivity index (χ3v) is 11.1. The molecule has 106 valence electrons. The second kappa shape index (κ2) is 6.74. The van der Waals surface area contributed by atoms with Crippen LogP contribution in [0.5, 0.6) is 0 Å². The van der Waals surface area contributed by atoms with Gasteiger partial charge >= 0.3 is 0 Å². The van der Waals surface area contributed by atoms with Crippen LogP contribution < -0.4 is 0 Å². The second-order valence-corrected chi connectivity index (χ2v) is 12.5. The van der Waals surface area contributed by atoms with E-state index in [1.807, 2.05) is 0 Å². The van der Waals surface area contributed by atoms with Gasteiger partial charge < -0.3 is 0 Å². The maximum absolute atomic E-state index is 2.65. The molecule has 19 heavy (non-hydrogen) atoms. The molecule has 0 aromatic heterocycles. The van der Waals surface area contributed by atoms with E-state index in [1.54, 1.807) is 0 Å². The van der Waals surface area contributed by atoms with Gasteiger partial charge in [-0.2, -0.15) is 0 Å². The number of hydrogen-bond donors (Lipinski definition) is 0. The van der Waals surface area contributed by atoms with Gasteiger partial charge in [-0.05, 0) is 29.5 Å². The highest BCUT2D eigenvalue weighted by Gasteiger charge is 2.36. The number of benzene rings is 1. The predicted octanol–water partition coefficient (Wildman–Crippen LogP) is 6.05. The molecular weight excluding hydrogens is 244 g/mol. The maximum atomic E-state index is 2.65. The van der Waals surface area contributed by atoms with Crippen molar-refractivity contribution >= 4 is 8.07 Å². The van der Waals surface area contributed by atoms with Crippen molar-refractivity contribution in [2.75, 3.05) is 0 Å². The van der Waals surface area contributed by atoms with Gasteiger partial charge in [0.05, 0.1) is 8.07 Å². The quantitative estimate of drug-likeness (QED) is 0.573. The predicted molar refractivity (Wildman–Crippen MR) is 88.5 cm³/mol. The summed E-state index contributed by atoms with van der Waals surface area (Å²) in [6, 6.07) is 11.0. The smallest absolute Gasteiger partial charge is 0.0533 e. The summed E-state index contributed by atoms with van der Waals surface area (Å²) >= 11 is 0. The summed E-state index contributed by atoms with van der Waals surface area (Å²) in [6.07, 6.45) is 10.2. The Morgan fingerprint density at radius 2 is 1.68 bits per heavy atom. The lowest BCUT2D eigenvalue weighted by Crippen LogP contribution is -2.38. The van der Waals surface area contributed by atoms with Crippen LogP contribution in [0.2, 0.25) is 24.2 Å². The van der Waals surface area contributed by atoms with Crippen molar-refractivity contribution in [2.45, 2.75) is 76.0 Å². The van der Waals surface area contributed by atoms with Gasteiger partial charge in [-0.25, -0.2) is 0 Å². The maximum Gasteiger partial charge on any atom is 0.0533 e. The number of aryl methyl sites for hydroxylation is 1. The summed E-state index contributed by atoms with van der Waals surface area (Å²) in [4.78, 5) is 0. The van der Waals surface area contributed by atoms with Crippen LogP contribution in [0.3, 0.4) is 0 Å². The van der Waals surface area contributed by atoms with E-state index in [-0.39, 0.29) is 0 Å². The number of rotatable bonds is 5. The Kier molecular flexibility index (Phi) is 5.26. The van der Waals surface area contributed by atoms with Crippen molar-refractivity contribution in [3.63, 3.8) is 0 Å². The van der Waals surface area contributed by atoms with Gasteiger partial charge in [0.15, 0.2) is 0 Å². The van der Waals surface area contributed by atoms with E-state index in [1.165, 1.54) is 50.5 Å². The summed E-state index contributed by atoms with van der Waals surface area (Å²) < 4.78 is 0. The molecule has 0 N–H and O–H groups in total. The molecule has 1 aliphatic rings. The Morgan fingerprint density at radius 3 is 2.32 bits per heavy atom. The fraction of sp³-hybridized carbons (Fsp3) is 0.667. The molecule has 2 rings (SSSR count). The average Bonchev–Trinajstić information content (AvgIpc) is 2.46. The van der Waals surface area contributed by atoms with E-state index in [0.717, 1.165) is 11.1 Å². The van der Waals surface area contributed by atoms with Gasteiger partial charge in [-0.15, -0.1) is 0 Å². The van der Waals surface area contributed by atoms with Crippen molar-refractivity contribution < 1.29 is 0 Å². The van der Waals surface area contributed by atoms with E-state index in [9.17, 15) is 0 Å². The van der Waals surface area contributed by atoms with Crippen molar-refractivity contribution in [3.05, 3.63) is 35.9 Å². The molecule has 1 aliphatic carbocycles. The molecule has 0 saturated heterocycles. The molecule has 1 heteroatoms. The van der Waals surface area contributed by atoms with Crippen LogP contribution in [0.15, 0.2) is 30.3 Å². The van der Waals surface area contributed by atoms with Crippen molar-refractivity contribution in [2.24, 2.45) is 0 Å². The first-order valence-electron chi connectivity index (χ1n) is 8.14. The van der Waals surface area contributed by atoms with Crippen LogP contribution in [0, 0.1) is 0 Å². The Balaban J connectivity index is 1.88. The molecule has 1 fully saturated rings. The number of hydrogen-bond acceptors (Lipinski definition) is 0. The Labute approximate surface area is 120 Å². The van der Waals surface area contributed by atoms with Gasteiger partial charge in [-0.1, -0.05) is 82.5 Å². The fourth-order valence-corrected chi connectivity index (χ4v) is 7.24. The molecule has 1 aromatic rings. The van der Waals surface area contributed by atoms with Crippen molar-refractivity contribution in [3.8, 4) is 0 Å². The molecule has 0 spiro atoms. The second-order valence-electron chi connectivity index (χ2n) is 7.08. The Hall–Kier alpha value is -0.563. The molecule has 0 bridgehead atoms. The standard InChI is InChI=1S/C18H30Si/c1-16(14-15-17-10-6-4-7-11-17)19(2,3)18-12-8-5-9-13-18/h4,6-7,10-11,16,18H,5,8-9,12-15H2,1-3H3. The topological polar surface area (TPSA) is 0 Å². The zero-order valence-electron chi connectivity index (χ0n) is 13.0. The van der Waals surface area contributed by atoms with Crippen LogP contribution in [0.25, 0.3) is 0 Å². The van der Waals surface area contributed by atoms with Crippen LogP contribution in [-0.2, 0) is 6.42 Å². The summed E-state index contributed by atoms with van der Waals surface area (Å²) in [5.74, 6) is 0. The molecule has 0 radical (unpaired) electrons. The third-order valence-electron chi connectivity index (χ3n) is 5.64. The van der Waals surface area contributed by atoms with E-state index >= 15 is 0 Å². The highest BCUT2D eigenvalue weighted by molar-refractivity contribution is 6.80. The van der Waals surface area contributed by atoms with Crippen molar-refractivity contribution in [1.29, 1.82) is 0 Å². The molecule has 1 aromatic carbocycles. The minimum Gasteiger partial charge on any atom is -0.0690 e. The Morgan fingerprint density at radius 1 is 1.05 bits per heavy atom. The lowest BCUT2D eigenvalue weighted by Gasteiger charge is -2.40. The normalized spacial score (nSPS) is 19.3.